The molecule has 4 heterocycles. The van der Waals surface area contributed by atoms with E-state index in [0.29, 0.717) is 37.5 Å². The Bertz CT molecular complexity index is 1540. The van der Waals surface area contributed by atoms with E-state index in [9.17, 15) is 22.8 Å². The number of carbonyl (C=O) groups is 2. The number of pyridine rings is 1. The minimum absolute atomic E-state index is 0.0235. The molecule has 2 N–H and O–H groups in total. The van der Waals surface area contributed by atoms with Crippen LogP contribution in [0.15, 0.2) is 58.9 Å². The summed E-state index contributed by atoms with van der Waals surface area (Å²) in [6.07, 6.45) is -5.26. The topological polar surface area (TPSA) is 118 Å². The third kappa shape index (κ3) is 4.84. The van der Waals surface area contributed by atoms with Crippen molar-refractivity contribution in [1.82, 2.24) is 20.8 Å². The number of aryl methyl sites for hydroxylation is 1. The smallest absolute Gasteiger partial charge is 0.489 e. The summed E-state index contributed by atoms with van der Waals surface area (Å²) < 4.78 is 44.4. The molecule has 0 aliphatic carbocycles. The number of hydroxylamine groups is 1. The van der Waals surface area contributed by atoms with E-state index in [1.807, 2.05) is 42.3 Å². The van der Waals surface area contributed by atoms with E-state index in [4.69, 9.17) is 4.74 Å². The zero-order chi connectivity index (χ0) is 28.8. The summed E-state index contributed by atoms with van der Waals surface area (Å²) in [5.74, 6) is -3.05. The lowest BCUT2D eigenvalue weighted by molar-refractivity contribution is -0.204. The zero-order valence-corrected chi connectivity index (χ0v) is 22.6. The monoisotopic (exact) mass is 586 g/mol. The van der Waals surface area contributed by atoms with Crippen molar-refractivity contribution in [3.63, 3.8) is 0 Å². The van der Waals surface area contributed by atoms with Crippen molar-refractivity contribution < 1.29 is 32.3 Å². The van der Waals surface area contributed by atoms with Crippen LogP contribution in [0.3, 0.4) is 0 Å². The quantitative estimate of drug-likeness (QED) is 0.419. The third-order valence-corrected chi connectivity index (χ3v) is 9.15. The van der Waals surface area contributed by atoms with Gasteiger partial charge in [0.2, 0.25) is 0 Å². The Morgan fingerprint density at radius 1 is 1.17 bits per heavy atom. The summed E-state index contributed by atoms with van der Waals surface area (Å²) in [6.45, 7) is 4.38. The van der Waals surface area contributed by atoms with Crippen LogP contribution in [0.5, 0.6) is 5.75 Å². The van der Waals surface area contributed by atoms with Crippen LogP contribution in [0, 0.1) is 6.92 Å². The first-order valence-electron chi connectivity index (χ1n) is 12.9. The number of halogens is 3. The van der Waals surface area contributed by atoms with Crippen LogP contribution in [0.4, 0.5) is 13.2 Å². The number of hydrogen-bond donors (Lipinski definition) is 2. The van der Waals surface area contributed by atoms with Crippen LogP contribution >= 0.6 is 11.8 Å². The summed E-state index contributed by atoms with van der Waals surface area (Å²) >= 11 is 1.75. The minimum atomic E-state index is -5.26. The average molecular weight is 587 g/mol. The van der Waals surface area contributed by atoms with Crippen molar-refractivity contribution in [3.05, 3.63) is 70.9 Å². The molecule has 0 radical (unpaired) electrons. The molecule has 1 amide bonds. The number of nitrogens with one attached hydrogen (secondary N) is 2. The number of carbonyl (C=O) groups excluding carboxylic acids is 2. The second kappa shape index (κ2) is 10.5. The van der Waals surface area contributed by atoms with Gasteiger partial charge in [0.15, 0.2) is 0 Å². The van der Waals surface area contributed by atoms with Gasteiger partial charge in [-0.2, -0.15) is 23.8 Å². The molecule has 3 aromatic rings. The van der Waals surface area contributed by atoms with Crippen LogP contribution in [-0.2, 0) is 21.8 Å². The Kier molecular flexibility index (Phi) is 6.98. The van der Waals surface area contributed by atoms with Gasteiger partial charge in [0.1, 0.15) is 17.9 Å². The van der Waals surface area contributed by atoms with Crippen LogP contribution in [0.25, 0.3) is 10.9 Å². The molecule has 214 valence electrons. The fourth-order valence-corrected chi connectivity index (χ4v) is 7.54. The molecule has 14 heteroatoms. The zero-order valence-electron chi connectivity index (χ0n) is 21.8. The molecular formula is C27H25F3N6O4S. The molecule has 2 saturated heterocycles. The summed E-state index contributed by atoms with van der Waals surface area (Å²) in [5, 5.41) is 14.6. The van der Waals surface area contributed by atoms with E-state index < -0.39 is 23.6 Å². The van der Waals surface area contributed by atoms with E-state index in [1.54, 1.807) is 29.4 Å². The van der Waals surface area contributed by atoms with Gasteiger partial charge in [0.25, 0.3) is 5.91 Å². The first-order valence-corrected chi connectivity index (χ1v) is 13.8. The van der Waals surface area contributed by atoms with Crippen LogP contribution in [-0.4, -0.2) is 64.7 Å². The second-order valence-corrected chi connectivity index (χ2v) is 11.3. The predicted molar refractivity (Wildman–Crippen MR) is 143 cm³/mol. The Labute approximate surface area is 236 Å². The highest BCUT2D eigenvalue weighted by Gasteiger charge is 2.64. The number of aromatic nitrogens is 1. The maximum atomic E-state index is 13.2. The molecule has 2 bridgehead atoms. The molecule has 3 aliphatic heterocycles. The molecule has 2 fully saturated rings. The van der Waals surface area contributed by atoms with E-state index in [-0.39, 0.29) is 22.7 Å². The van der Waals surface area contributed by atoms with Gasteiger partial charge in [-0.15, -0.1) is 11.8 Å². The van der Waals surface area contributed by atoms with Crippen molar-refractivity contribution in [2.24, 2.45) is 10.3 Å². The lowest BCUT2D eigenvalue weighted by Gasteiger charge is -2.61. The average Bonchev–Trinajstić information content (AvgIpc) is 3.49. The van der Waals surface area contributed by atoms with E-state index in [1.165, 1.54) is 6.07 Å². The standard InChI is InChI=1S/C27H25F3N6O4S/c1-15-10-16(18-4-2-3-5-21(18)33-15)14-39-17-6-7-19(24(37)34-40-25(38)27(28,29)30)20(11-17)26(36-9-8-32-35-36)22-12-31-13-23(26)41-22/h2-7,10-11,22-23,31H,8-9,12-14H2,1H3,(H,34,37)/t22-,23?,26+/m0/s1. The molecule has 6 rings (SSSR count). The van der Waals surface area contributed by atoms with Gasteiger partial charge in [0.05, 0.1) is 18.6 Å². The van der Waals surface area contributed by atoms with Gasteiger partial charge < -0.3 is 14.9 Å². The van der Waals surface area contributed by atoms with Gasteiger partial charge in [0, 0.05) is 45.8 Å². The number of rotatable bonds is 6. The third-order valence-electron chi connectivity index (χ3n) is 7.44. The molecular weight excluding hydrogens is 561 g/mol. The minimum Gasteiger partial charge on any atom is -0.489 e. The lowest BCUT2D eigenvalue weighted by atomic mass is 9.76. The Balaban J connectivity index is 1.37. The fourth-order valence-electron chi connectivity index (χ4n) is 5.70. The van der Waals surface area contributed by atoms with Crippen molar-refractivity contribution in [1.29, 1.82) is 0 Å². The lowest BCUT2D eigenvalue weighted by Crippen LogP contribution is -2.73. The van der Waals surface area contributed by atoms with Gasteiger partial charge in [-0.25, -0.2) is 4.79 Å². The molecule has 2 aromatic carbocycles. The van der Waals surface area contributed by atoms with Crippen LogP contribution in [0.1, 0.15) is 27.2 Å². The highest BCUT2D eigenvalue weighted by atomic mass is 32.2. The first-order chi connectivity index (χ1) is 19.7. The number of para-hydroxylation sites is 1. The van der Waals surface area contributed by atoms with Crippen LogP contribution < -0.4 is 15.5 Å². The number of hydrogen-bond acceptors (Lipinski definition) is 10. The van der Waals surface area contributed by atoms with E-state index in [2.05, 4.69) is 25.5 Å². The Hall–Kier alpha value is -3.91. The second-order valence-electron chi connectivity index (χ2n) is 9.93. The van der Waals surface area contributed by atoms with Crippen molar-refractivity contribution >= 4 is 34.5 Å². The fraction of sp³-hybridized carbons (Fsp3) is 0.370. The number of fused-ring (bicyclic) bond motifs is 3. The number of benzene rings is 2. The molecule has 0 spiro atoms. The molecule has 41 heavy (non-hydrogen) atoms. The van der Waals surface area contributed by atoms with Gasteiger partial charge in [-0.3, -0.25) is 14.8 Å². The van der Waals surface area contributed by atoms with Crippen molar-refractivity contribution in [2.75, 3.05) is 26.2 Å². The number of piperidine rings is 1. The Morgan fingerprint density at radius 3 is 2.66 bits per heavy atom. The first kappa shape index (κ1) is 27.3. The number of nitrogens with zero attached hydrogens (tertiary/aromatic N) is 4. The number of amides is 1. The molecule has 1 aromatic heterocycles. The van der Waals surface area contributed by atoms with Gasteiger partial charge >= 0.3 is 12.1 Å². The van der Waals surface area contributed by atoms with Crippen molar-refractivity contribution in [2.45, 2.75) is 35.7 Å². The summed E-state index contributed by atoms with van der Waals surface area (Å²) in [5.41, 5.74) is 4.09. The molecule has 3 atom stereocenters. The number of ether oxygens (including phenoxy) is 1. The van der Waals surface area contributed by atoms with Crippen LogP contribution in [0.2, 0.25) is 0 Å². The summed E-state index contributed by atoms with van der Waals surface area (Å²) in [7, 11) is 0. The molecule has 1 unspecified atom stereocenters. The van der Waals surface area contributed by atoms with Crippen molar-refractivity contribution in [3.8, 4) is 5.75 Å². The molecule has 3 aliphatic rings. The maximum Gasteiger partial charge on any atom is 0.493 e. The highest BCUT2D eigenvalue weighted by molar-refractivity contribution is 8.02. The molecule has 10 nitrogen and oxygen atoms in total. The maximum absolute atomic E-state index is 13.2. The van der Waals surface area contributed by atoms with E-state index >= 15 is 0 Å². The molecule has 0 saturated carbocycles. The SMILES string of the molecule is Cc1cc(COc2ccc(C(=O)NOC(=O)C(F)(F)F)c([C@]3(N4CCN=N4)C4CNC[C@@H]3S4)c2)c2ccccc2n1. The largest absolute Gasteiger partial charge is 0.493 e. The van der Waals surface area contributed by atoms with Gasteiger partial charge in [-0.05, 0) is 42.8 Å². The normalized spacial score (nSPS) is 23.3. The Morgan fingerprint density at radius 2 is 1.95 bits per heavy atom. The predicted octanol–water partition coefficient (Wildman–Crippen LogP) is 3.84. The van der Waals surface area contributed by atoms with Gasteiger partial charge in [-0.1, -0.05) is 23.4 Å². The number of thioether (sulfide) groups is 1. The highest BCUT2D eigenvalue weighted by Crippen LogP contribution is 2.59. The summed E-state index contributed by atoms with van der Waals surface area (Å²) in [4.78, 5) is 33.1. The summed E-state index contributed by atoms with van der Waals surface area (Å²) in [6, 6.07) is 14.5. The number of alkyl halides is 3. The van der Waals surface area contributed by atoms with E-state index in [0.717, 1.165) is 22.2 Å².